The molecule has 3 rings (SSSR count). The van der Waals surface area contributed by atoms with Gasteiger partial charge in [-0.25, -0.2) is 0 Å². The Kier molecular flexibility index (Phi) is 1.82. The molecule has 0 amide bonds. The minimum atomic E-state index is 1.25. The van der Waals surface area contributed by atoms with E-state index in [1.807, 2.05) is 12.1 Å². The molecule has 0 atom stereocenters. The van der Waals surface area contributed by atoms with Crippen molar-refractivity contribution < 1.29 is 0 Å². The molecule has 0 saturated heterocycles. The zero-order valence-corrected chi connectivity index (χ0v) is 8.30. The van der Waals surface area contributed by atoms with Crippen molar-refractivity contribution in [3.63, 3.8) is 0 Å². The SMILES string of the molecule is c1ccc(-c2ccn3ccccc23)cc1. The van der Waals surface area contributed by atoms with Gasteiger partial charge in [-0.1, -0.05) is 36.4 Å². The van der Waals surface area contributed by atoms with Crippen LogP contribution in [0.1, 0.15) is 0 Å². The normalized spacial score (nSPS) is 10.7. The van der Waals surface area contributed by atoms with Gasteiger partial charge in [-0.3, -0.25) is 0 Å². The molecule has 1 nitrogen and oxygen atoms in total. The van der Waals surface area contributed by atoms with E-state index in [1.54, 1.807) is 0 Å². The maximum absolute atomic E-state index is 2.16. The van der Waals surface area contributed by atoms with E-state index >= 15 is 0 Å². The molecule has 0 bridgehead atoms. The fraction of sp³-hybridized carbons (Fsp3) is 0. The Morgan fingerprint density at radius 1 is 0.667 bits per heavy atom. The van der Waals surface area contributed by atoms with E-state index in [-0.39, 0.29) is 0 Å². The second-order valence-electron chi connectivity index (χ2n) is 3.59. The van der Waals surface area contributed by atoms with Crippen LogP contribution in [0.4, 0.5) is 0 Å². The third-order valence-electron chi connectivity index (χ3n) is 2.65. The van der Waals surface area contributed by atoms with E-state index in [0.29, 0.717) is 0 Å². The van der Waals surface area contributed by atoms with Gasteiger partial charge in [-0.05, 0) is 23.8 Å². The van der Waals surface area contributed by atoms with Gasteiger partial charge in [0.1, 0.15) is 0 Å². The lowest BCUT2D eigenvalue weighted by Crippen LogP contribution is -1.80. The summed E-state index contributed by atoms with van der Waals surface area (Å²) in [6, 6.07) is 18.9. The Morgan fingerprint density at radius 3 is 2.33 bits per heavy atom. The average molecular weight is 193 g/mol. The van der Waals surface area contributed by atoms with Gasteiger partial charge < -0.3 is 4.40 Å². The highest BCUT2D eigenvalue weighted by atomic mass is 14.8. The Bertz CT molecular complexity index is 578. The van der Waals surface area contributed by atoms with Crippen LogP contribution in [-0.2, 0) is 0 Å². The molecule has 1 aromatic carbocycles. The summed E-state index contributed by atoms with van der Waals surface area (Å²) >= 11 is 0. The summed E-state index contributed by atoms with van der Waals surface area (Å²) in [7, 11) is 0. The number of benzene rings is 1. The molecule has 0 N–H and O–H groups in total. The smallest absolute Gasteiger partial charge is 0.0528 e. The molecular formula is C14H11N. The van der Waals surface area contributed by atoms with Gasteiger partial charge >= 0.3 is 0 Å². The summed E-state index contributed by atoms with van der Waals surface area (Å²) in [6.07, 6.45) is 4.17. The molecule has 2 heterocycles. The van der Waals surface area contributed by atoms with Crippen LogP contribution in [0.15, 0.2) is 67.0 Å². The maximum Gasteiger partial charge on any atom is 0.0528 e. The molecule has 0 unspecified atom stereocenters. The van der Waals surface area contributed by atoms with Crippen LogP contribution >= 0.6 is 0 Å². The molecular weight excluding hydrogens is 182 g/mol. The van der Waals surface area contributed by atoms with Crippen LogP contribution in [0.5, 0.6) is 0 Å². The lowest BCUT2D eigenvalue weighted by atomic mass is 10.1. The van der Waals surface area contributed by atoms with Crippen molar-refractivity contribution in [3.05, 3.63) is 67.0 Å². The van der Waals surface area contributed by atoms with E-state index in [1.165, 1.54) is 16.6 Å². The lowest BCUT2D eigenvalue weighted by Gasteiger charge is -1.99. The molecule has 0 fully saturated rings. The monoisotopic (exact) mass is 193 g/mol. The van der Waals surface area contributed by atoms with E-state index in [4.69, 9.17) is 0 Å². The van der Waals surface area contributed by atoms with Gasteiger partial charge in [0, 0.05) is 18.0 Å². The van der Waals surface area contributed by atoms with E-state index in [0.717, 1.165) is 0 Å². The van der Waals surface area contributed by atoms with E-state index in [9.17, 15) is 0 Å². The average Bonchev–Trinajstić information content (AvgIpc) is 2.74. The second kappa shape index (κ2) is 3.28. The summed E-state index contributed by atoms with van der Waals surface area (Å²) in [5.74, 6) is 0. The van der Waals surface area contributed by atoms with Crippen LogP contribution in [0, 0.1) is 0 Å². The molecule has 0 spiro atoms. The highest BCUT2D eigenvalue weighted by molar-refractivity contribution is 5.80. The zero-order chi connectivity index (χ0) is 10.1. The third kappa shape index (κ3) is 1.33. The van der Waals surface area contributed by atoms with Gasteiger partial charge in [-0.2, -0.15) is 0 Å². The van der Waals surface area contributed by atoms with Crippen LogP contribution in [0.3, 0.4) is 0 Å². The Morgan fingerprint density at radius 2 is 1.47 bits per heavy atom. The summed E-state index contributed by atoms with van der Waals surface area (Å²) < 4.78 is 2.14. The molecule has 1 heteroatoms. The first kappa shape index (κ1) is 8.30. The highest BCUT2D eigenvalue weighted by Gasteiger charge is 2.02. The zero-order valence-electron chi connectivity index (χ0n) is 8.30. The number of aromatic nitrogens is 1. The Balaban J connectivity index is 2.28. The standard InChI is InChI=1S/C14H11N/c1-2-6-12(7-3-1)13-9-11-15-10-5-4-8-14(13)15/h1-11H. The first-order valence-corrected chi connectivity index (χ1v) is 5.06. The first-order valence-electron chi connectivity index (χ1n) is 5.06. The van der Waals surface area contributed by atoms with Gasteiger partial charge in [-0.15, -0.1) is 0 Å². The minimum Gasteiger partial charge on any atom is -0.323 e. The molecule has 0 saturated carbocycles. The predicted octanol–water partition coefficient (Wildman–Crippen LogP) is 3.61. The Labute approximate surface area is 88.6 Å². The fourth-order valence-electron chi connectivity index (χ4n) is 1.92. The van der Waals surface area contributed by atoms with Gasteiger partial charge in [0.25, 0.3) is 0 Å². The second-order valence-corrected chi connectivity index (χ2v) is 3.59. The first-order chi connectivity index (χ1) is 7.45. The molecule has 0 radical (unpaired) electrons. The molecule has 72 valence electrons. The van der Waals surface area contributed by atoms with Crippen molar-refractivity contribution >= 4 is 5.52 Å². The molecule has 0 aliphatic carbocycles. The predicted molar refractivity (Wildman–Crippen MR) is 62.8 cm³/mol. The van der Waals surface area contributed by atoms with Crippen molar-refractivity contribution in [1.82, 2.24) is 4.40 Å². The molecule has 2 aromatic heterocycles. The third-order valence-corrected chi connectivity index (χ3v) is 2.65. The highest BCUT2D eigenvalue weighted by Crippen LogP contribution is 2.24. The molecule has 0 aliphatic heterocycles. The van der Waals surface area contributed by atoms with Crippen LogP contribution < -0.4 is 0 Å². The van der Waals surface area contributed by atoms with Gasteiger partial charge in [0.15, 0.2) is 0 Å². The fourth-order valence-corrected chi connectivity index (χ4v) is 1.92. The lowest BCUT2D eigenvalue weighted by molar-refractivity contribution is 1.20. The van der Waals surface area contributed by atoms with Crippen LogP contribution in [0.25, 0.3) is 16.6 Å². The summed E-state index contributed by atoms with van der Waals surface area (Å²) in [5, 5.41) is 0. The van der Waals surface area contributed by atoms with Gasteiger partial charge in [0.2, 0.25) is 0 Å². The quantitative estimate of drug-likeness (QED) is 0.556. The number of nitrogens with zero attached hydrogens (tertiary/aromatic N) is 1. The van der Waals surface area contributed by atoms with E-state index < -0.39 is 0 Å². The largest absolute Gasteiger partial charge is 0.323 e. The van der Waals surface area contributed by atoms with Gasteiger partial charge in [0.05, 0.1) is 5.52 Å². The van der Waals surface area contributed by atoms with E-state index in [2.05, 4.69) is 59.3 Å². The summed E-state index contributed by atoms with van der Waals surface area (Å²) in [6.45, 7) is 0. The van der Waals surface area contributed by atoms with Crippen molar-refractivity contribution in [1.29, 1.82) is 0 Å². The van der Waals surface area contributed by atoms with Crippen LogP contribution in [0.2, 0.25) is 0 Å². The summed E-state index contributed by atoms with van der Waals surface area (Å²) in [5.41, 5.74) is 3.81. The molecule has 3 aromatic rings. The Hall–Kier alpha value is -2.02. The number of hydrogen-bond donors (Lipinski definition) is 0. The number of rotatable bonds is 1. The van der Waals surface area contributed by atoms with Crippen LogP contribution in [-0.4, -0.2) is 4.40 Å². The number of hydrogen-bond acceptors (Lipinski definition) is 0. The number of fused-ring (bicyclic) bond motifs is 1. The van der Waals surface area contributed by atoms with Crippen molar-refractivity contribution in [2.75, 3.05) is 0 Å². The minimum absolute atomic E-state index is 1.25. The van der Waals surface area contributed by atoms with Crippen molar-refractivity contribution in [2.24, 2.45) is 0 Å². The van der Waals surface area contributed by atoms with Crippen molar-refractivity contribution in [3.8, 4) is 11.1 Å². The topological polar surface area (TPSA) is 4.41 Å². The number of pyridine rings is 1. The van der Waals surface area contributed by atoms with Crippen molar-refractivity contribution in [2.45, 2.75) is 0 Å². The summed E-state index contributed by atoms with van der Waals surface area (Å²) in [4.78, 5) is 0. The maximum atomic E-state index is 2.16. The molecule has 0 aliphatic rings. The molecule has 15 heavy (non-hydrogen) atoms.